The van der Waals surface area contributed by atoms with Crippen LogP contribution in [0.2, 0.25) is 0 Å². The number of hydrogen-bond acceptors (Lipinski definition) is 5. The van der Waals surface area contributed by atoms with Gasteiger partial charge in [-0.2, -0.15) is 5.10 Å². The van der Waals surface area contributed by atoms with E-state index in [1.165, 1.54) is 0 Å². The van der Waals surface area contributed by atoms with Crippen LogP contribution in [0.3, 0.4) is 0 Å². The molecule has 0 radical (unpaired) electrons. The van der Waals surface area contributed by atoms with Crippen molar-refractivity contribution in [2.75, 3.05) is 12.8 Å². The summed E-state index contributed by atoms with van der Waals surface area (Å²) in [5.74, 6) is 1.39. The monoisotopic (exact) mass is 344 g/mol. The van der Waals surface area contributed by atoms with Crippen LogP contribution in [0.4, 0.5) is 5.82 Å². The van der Waals surface area contributed by atoms with Gasteiger partial charge in [-0.25, -0.2) is 0 Å². The number of aromatic nitrogens is 3. The van der Waals surface area contributed by atoms with Crippen molar-refractivity contribution in [2.45, 2.75) is 6.42 Å². The van der Waals surface area contributed by atoms with Crippen LogP contribution in [0.5, 0.6) is 5.75 Å². The van der Waals surface area contributed by atoms with Crippen LogP contribution in [-0.2, 0) is 6.42 Å². The van der Waals surface area contributed by atoms with Crippen molar-refractivity contribution in [3.63, 3.8) is 0 Å². The number of rotatable bonds is 3. The van der Waals surface area contributed by atoms with Gasteiger partial charge in [0, 0.05) is 29.6 Å². The minimum Gasteiger partial charge on any atom is -0.497 e. The van der Waals surface area contributed by atoms with Crippen molar-refractivity contribution < 1.29 is 4.74 Å². The van der Waals surface area contributed by atoms with Crippen LogP contribution in [0.25, 0.3) is 10.8 Å². The number of methoxy groups -OCH3 is 1. The molecule has 26 heavy (non-hydrogen) atoms. The molecule has 0 saturated heterocycles. The van der Waals surface area contributed by atoms with Crippen molar-refractivity contribution in [3.8, 4) is 5.75 Å². The lowest BCUT2D eigenvalue weighted by Crippen LogP contribution is -2.01. The standard InChI is InChI=1S/C14H12N4.C7H8O/c15-14-12-4-2-1-3-11(12)13(17-18-14)9-10-5-7-16-8-6-10;1-8-7-5-3-2-4-6-7/h1-8H,9H2,(H2,15,18);2-6H,1H3. The van der Waals surface area contributed by atoms with Crippen LogP contribution in [0.1, 0.15) is 11.3 Å². The first kappa shape index (κ1) is 17.4. The maximum atomic E-state index is 5.83. The van der Waals surface area contributed by atoms with Gasteiger partial charge in [0.1, 0.15) is 5.75 Å². The van der Waals surface area contributed by atoms with E-state index in [-0.39, 0.29) is 0 Å². The number of para-hydroxylation sites is 1. The second kappa shape index (κ2) is 8.58. The van der Waals surface area contributed by atoms with E-state index in [1.54, 1.807) is 19.5 Å². The Morgan fingerprint density at radius 3 is 2.12 bits per heavy atom. The molecule has 0 saturated carbocycles. The Labute approximate surface area is 152 Å². The van der Waals surface area contributed by atoms with Gasteiger partial charge in [0.25, 0.3) is 0 Å². The van der Waals surface area contributed by atoms with Crippen LogP contribution in [-0.4, -0.2) is 22.3 Å². The molecule has 0 bridgehead atoms. The highest BCUT2D eigenvalue weighted by Gasteiger charge is 2.07. The Hall–Kier alpha value is -3.47. The van der Waals surface area contributed by atoms with Gasteiger partial charge < -0.3 is 10.5 Å². The highest BCUT2D eigenvalue weighted by molar-refractivity contribution is 5.92. The maximum Gasteiger partial charge on any atom is 0.153 e. The molecular weight excluding hydrogens is 324 g/mol. The number of fused-ring (bicyclic) bond motifs is 1. The van der Waals surface area contributed by atoms with Crippen LogP contribution < -0.4 is 10.5 Å². The van der Waals surface area contributed by atoms with Gasteiger partial charge in [-0.15, -0.1) is 5.10 Å². The zero-order chi connectivity index (χ0) is 18.2. The first-order chi connectivity index (χ1) is 12.8. The van der Waals surface area contributed by atoms with E-state index in [1.807, 2.05) is 66.7 Å². The fourth-order valence-corrected chi connectivity index (χ4v) is 2.56. The van der Waals surface area contributed by atoms with E-state index in [0.29, 0.717) is 5.82 Å². The topological polar surface area (TPSA) is 73.9 Å². The second-order valence-electron chi connectivity index (χ2n) is 5.63. The lowest BCUT2D eigenvalue weighted by atomic mass is 10.1. The van der Waals surface area contributed by atoms with Crippen molar-refractivity contribution in [1.82, 2.24) is 15.2 Å². The molecule has 2 N–H and O–H groups in total. The van der Waals surface area contributed by atoms with Crippen molar-refractivity contribution >= 4 is 16.6 Å². The molecule has 0 aliphatic heterocycles. The van der Waals surface area contributed by atoms with Gasteiger partial charge in [0.15, 0.2) is 5.82 Å². The van der Waals surface area contributed by atoms with Crippen LogP contribution >= 0.6 is 0 Å². The van der Waals surface area contributed by atoms with Gasteiger partial charge >= 0.3 is 0 Å². The van der Waals surface area contributed by atoms with Crippen molar-refractivity contribution in [2.24, 2.45) is 0 Å². The molecule has 0 aliphatic rings. The minimum absolute atomic E-state index is 0.476. The van der Waals surface area contributed by atoms with E-state index in [9.17, 15) is 0 Å². The quantitative estimate of drug-likeness (QED) is 0.610. The fraction of sp³-hybridized carbons (Fsp3) is 0.0952. The van der Waals surface area contributed by atoms with E-state index in [0.717, 1.165) is 34.2 Å². The SMILES string of the molecule is COc1ccccc1.Nc1nnc(Cc2ccncc2)c2ccccc12. The summed E-state index contributed by atoms with van der Waals surface area (Å²) in [4.78, 5) is 4.01. The lowest BCUT2D eigenvalue weighted by molar-refractivity contribution is 0.415. The number of benzene rings is 2. The third-order valence-corrected chi connectivity index (χ3v) is 3.89. The number of hydrogen-bond donors (Lipinski definition) is 1. The average Bonchev–Trinajstić information content (AvgIpc) is 2.72. The predicted molar refractivity (Wildman–Crippen MR) is 104 cm³/mol. The van der Waals surface area contributed by atoms with Crippen molar-refractivity contribution in [1.29, 1.82) is 0 Å². The summed E-state index contributed by atoms with van der Waals surface area (Å²) in [5, 5.41) is 10.2. The Bertz CT molecular complexity index is 959. The van der Waals surface area contributed by atoms with E-state index < -0.39 is 0 Å². The molecule has 2 aromatic carbocycles. The molecule has 2 aromatic heterocycles. The average molecular weight is 344 g/mol. The molecule has 4 rings (SSSR count). The lowest BCUT2D eigenvalue weighted by Gasteiger charge is -2.06. The van der Waals surface area contributed by atoms with E-state index >= 15 is 0 Å². The molecule has 0 amide bonds. The number of pyridine rings is 1. The molecule has 130 valence electrons. The normalized spacial score (nSPS) is 10.0. The van der Waals surface area contributed by atoms with Gasteiger partial charge in [-0.1, -0.05) is 42.5 Å². The molecule has 5 heteroatoms. The first-order valence-corrected chi connectivity index (χ1v) is 8.25. The third kappa shape index (κ3) is 4.33. The van der Waals surface area contributed by atoms with Gasteiger partial charge in [-0.3, -0.25) is 4.98 Å². The molecule has 2 heterocycles. The summed E-state index contributed by atoms with van der Waals surface area (Å²) in [7, 11) is 1.66. The summed E-state index contributed by atoms with van der Waals surface area (Å²) < 4.78 is 4.91. The number of ether oxygens (including phenoxy) is 1. The summed E-state index contributed by atoms with van der Waals surface area (Å²) >= 11 is 0. The summed E-state index contributed by atoms with van der Waals surface area (Å²) in [6.07, 6.45) is 4.29. The highest BCUT2D eigenvalue weighted by atomic mass is 16.5. The number of anilines is 1. The zero-order valence-electron chi connectivity index (χ0n) is 14.5. The first-order valence-electron chi connectivity index (χ1n) is 8.25. The van der Waals surface area contributed by atoms with E-state index in [2.05, 4.69) is 15.2 Å². The number of nitrogens with zero attached hydrogens (tertiary/aromatic N) is 3. The predicted octanol–water partition coefficient (Wildman–Crippen LogP) is 3.89. The third-order valence-electron chi connectivity index (χ3n) is 3.89. The smallest absolute Gasteiger partial charge is 0.153 e. The molecule has 0 fully saturated rings. The Kier molecular flexibility index (Phi) is 5.72. The largest absolute Gasteiger partial charge is 0.497 e. The van der Waals surface area contributed by atoms with E-state index in [4.69, 9.17) is 10.5 Å². The molecule has 0 unspecified atom stereocenters. The second-order valence-corrected chi connectivity index (χ2v) is 5.63. The minimum atomic E-state index is 0.476. The Morgan fingerprint density at radius 2 is 1.46 bits per heavy atom. The van der Waals surface area contributed by atoms with Crippen LogP contribution in [0, 0.1) is 0 Å². The Balaban J connectivity index is 0.000000206. The molecular formula is C21H20N4O. The van der Waals surface area contributed by atoms with Gasteiger partial charge in [0.05, 0.1) is 12.8 Å². The molecule has 5 nitrogen and oxygen atoms in total. The molecule has 0 aliphatic carbocycles. The molecule has 0 atom stereocenters. The maximum absolute atomic E-state index is 5.83. The summed E-state index contributed by atoms with van der Waals surface area (Å²) in [6.45, 7) is 0. The molecule has 0 spiro atoms. The number of nitrogens with two attached hydrogens (primary N) is 1. The molecule has 4 aromatic rings. The summed E-state index contributed by atoms with van der Waals surface area (Å²) in [6, 6.07) is 21.6. The summed E-state index contributed by atoms with van der Waals surface area (Å²) in [5.41, 5.74) is 7.93. The Morgan fingerprint density at radius 1 is 0.808 bits per heavy atom. The van der Waals surface area contributed by atoms with Crippen molar-refractivity contribution in [3.05, 3.63) is 90.4 Å². The highest BCUT2D eigenvalue weighted by Crippen LogP contribution is 2.22. The van der Waals surface area contributed by atoms with Crippen LogP contribution in [0.15, 0.2) is 79.1 Å². The number of nitrogen functional groups attached to an aromatic ring is 1. The van der Waals surface area contributed by atoms with Gasteiger partial charge in [-0.05, 0) is 29.8 Å². The fourth-order valence-electron chi connectivity index (χ4n) is 2.56. The van der Waals surface area contributed by atoms with Gasteiger partial charge in [0.2, 0.25) is 0 Å². The zero-order valence-corrected chi connectivity index (χ0v) is 14.5.